The maximum absolute atomic E-state index is 6.97. The average molecular weight is 635 g/mol. The molecule has 8 heteroatoms. The van der Waals surface area contributed by atoms with Gasteiger partial charge in [0.05, 0.1) is 28.5 Å². The predicted octanol–water partition coefficient (Wildman–Crippen LogP) is 8.32. The van der Waals surface area contributed by atoms with Crippen LogP contribution < -0.4 is 15.1 Å². The summed E-state index contributed by atoms with van der Waals surface area (Å²) in [5.74, 6) is 0.767. The number of halogens is 2. The molecule has 2 aliphatic rings. The molecule has 6 rings (SSSR count). The molecule has 40 heavy (non-hydrogen) atoms. The fourth-order valence-corrected chi connectivity index (χ4v) is 7.08. The van der Waals surface area contributed by atoms with Gasteiger partial charge in [0.15, 0.2) is 5.11 Å². The van der Waals surface area contributed by atoms with Crippen LogP contribution in [0, 0.1) is 19.8 Å². The largest absolute Gasteiger partial charge is 0.370 e. The van der Waals surface area contributed by atoms with Crippen molar-refractivity contribution in [2.75, 3.05) is 22.9 Å². The minimum Gasteiger partial charge on any atom is -0.370 e. The van der Waals surface area contributed by atoms with Crippen LogP contribution >= 0.6 is 39.7 Å². The van der Waals surface area contributed by atoms with E-state index in [0.717, 1.165) is 51.3 Å². The first-order valence-electron chi connectivity index (χ1n) is 13.8. The van der Waals surface area contributed by atoms with Crippen molar-refractivity contribution < 1.29 is 0 Å². The van der Waals surface area contributed by atoms with Gasteiger partial charge in [-0.3, -0.25) is 4.98 Å². The molecule has 2 atom stereocenters. The Labute approximate surface area is 255 Å². The standard InChI is InChI=1S/C32H33BrClN5S/c1-20-13-16-37(17-14-20)29-12-11-25(19-27(29)34)39-31(30(36-32(39)40)28-6-4-5-15-35-28)26-18-21(2)38(22(26)3)24-9-7-23(33)8-10-24/h4-12,15,18-20,30-31H,13-14,16-17H2,1-3H3,(H,36,40)/t30-,31-/m1/s1. The summed E-state index contributed by atoms with van der Waals surface area (Å²) in [5.41, 5.74) is 7.70. The van der Waals surface area contributed by atoms with Gasteiger partial charge in [-0.2, -0.15) is 0 Å². The minimum absolute atomic E-state index is 0.101. The quantitative estimate of drug-likeness (QED) is 0.224. The summed E-state index contributed by atoms with van der Waals surface area (Å²) < 4.78 is 3.37. The third kappa shape index (κ3) is 5.04. The number of aromatic nitrogens is 2. The van der Waals surface area contributed by atoms with E-state index in [2.05, 4.69) is 111 Å². The van der Waals surface area contributed by atoms with E-state index in [1.54, 1.807) is 0 Å². The van der Waals surface area contributed by atoms with Crippen LogP contribution in [-0.2, 0) is 0 Å². The van der Waals surface area contributed by atoms with E-state index >= 15 is 0 Å². The molecular weight excluding hydrogens is 602 g/mol. The molecule has 1 N–H and O–H groups in total. The van der Waals surface area contributed by atoms with E-state index < -0.39 is 0 Å². The molecule has 2 saturated heterocycles. The van der Waals surface area contributed by atoms with Gasteiger partial charge in [0.25, 0.3) is 0 Å². The zero-order valence-corrected chi connectivity index (χ0v) is 26.1. The van der Waals surface area contributed by atoms with Gasteiger partial charge < -0.3 is 19.7 Å². The first-order chi connectivity index (χ1) is 19.3. The Morgan fingerprint density at radius 3 is 2.38 bits per heavy atom. The minimum atomic E-state index is -0.116. The van der Waals surface area contributed by atoms with Gasteiger partial charge in [-0.1, -0.05) is 40.5 Å². The van der Waals surface area contributed by atoms with Gasteiger partial charge in [-0.15, -0.1) is 0 Å². The summed E-state index contributed by atoms with van der Waals surface area (Å²) in [5, 5.41) is 5.03. The van der Waals surface area contributed by atoms with Crippen LogP contribution in [0.2, 0.25) is 5.02 Å². The van der Waals surface area contributed by atoms with Crippen molar-refractivity contribution in [1.82, 2.24) is 14.9 Å². The number of anilines is 2. The second kappa shape index (κ2) is 11.2. The molecule has 4 heterocycles. The third-order valence-corrected chi connectivity index (χ3v) is 9.45. The zero-order chi connectivity index (χ0) is 28.0. The summed E-state index contributed by atoms with van der Waals surface area (Å²) in [6, 6.07) is 22.9. The van der Waals surface area contributed by atoms with E-state index in [9.17, 15) is 0 Å². The normalized spacial score (nSPS) is 19.8. The molecule has 0 aliphatic carbocycles. The van der Waals surface area contributed by atoms with Gasteiger partial charge in [0, 0.05) is 46.5 Å². The number of thiocarbonyl (C=S) groups is 1. The Balaban J connectivity index is 1.43. The number of pyridine rings is 1. The van der Waals surface area contributed by atoms with E-state index in [4.69, 9.17) is 28.8 Å². The van der Waals surface area contributed by atoms with Crippen molar-refractivity contribution in [1.29, 1.82) is 0 Å². The fourth-order valence-electron chi connectivity index (χ4n) is 6.18. The van der Waals surface area contributed by atoms with Crippen LogP contribution in [0.1, 0.15) is 54.5 Å². The van der Waals surface area contributed by atoms with Gasteiger partial charge >= 0.3 is 0 Å². The van der Waals surface area contributed by atoms with Crippen molar-refractivity contribution in [2.45, 2.75) is 45.7 Å². The average Bonchev–Trinajstić information content (AvgIpc) is 3.45. The lowest BCUT2D eigenvalue weighted by molar-refractivity contribution is 0.438. The molecule has 2 aromatic carbocycles. The smallest absolute Gasteiger partial charge is 0.174 e. The number of benzene rings is 2. The molecule has 0 bridgehead atoms. The Kier molecular flexibility index (Phi) is 7.64. The molecule has 2 fully saturated rings. The van der Waals surface area contributed by atoms with Gasteiger partial charge in [0.2, 0.25) is 0 Å². The van der Waals surface area contributed by atoms with Crippen LogP contribution in [0.25, 0.3) is 5.69 Å². The number of hydrogen-bond acceptors (Lipinski definition) is 3. The monoisotopic (exact) mass is 633 g/mol. The first kappa shape index (κ1) is 27.3. The lowest BCUT2D eigenvalue weighted by atomic mass is 9.96. The number of hydrogen-bond donors (Lipinski definition) is 1. The van der Waals surface area contributed by atoms with Crippen LogP contribution in [0.4, 0.5) is 11.4 Å². The second-order valence-corrected chi connectivity index (χ2v) is 12.6. The van der Waals surface area contributed by atoms with E-state index in [1.807, 2.05) is 18.3 Å². The predicted molar refractivity (Wildman–Crippen MR) is 173 cm³/mol. The maximum atomic E-state index is 6.97. The van der Waals surface area contributed by atoms with E-state index in [0.29, 0.717) is 5.11 Å². The number of piperidine rings is 1. The number of nitrogens with one attached hydrogen (secondary N) is 1. The maximum Gasteiger partial charge on any atom is 0.174 e. The summed E-state index contributed by atoms with van der Waals surface area (Å²) >= 11 is 16.5. The van der Waals surface area contributed by atoms with E-state index in [1.165, 1.54) is 29.8 Å². The van der Waals surface area contributed by atoms with Gasteiger partial charge in [-0.05, 0) is 111 Å². The third-order valence-electron chi connectivity index (χ3n) is 8.31. The molecule has 0 spiro atoms. The van der Waals surface area contributed by atoms with Crippen molar-refractivity contribution in [3.8, 4) is 5.69 Å². The Bertz CT molecular complexity index is 1530. The molecule has 2 aliphatic heterocycles. The summed E-state index contributed by atoms with van der Waals surface area (Å²) in [7, 11) is 0. The first-order valence-corrected chi connectivity index (χ1v) is 15.4. The van der Waals surface area contributed by atoms with Crippen molar-refractivity contribution >= 4 is 56.2 Å². The Hall–Kier alpha value is -2.87. The zero-order valence-electron chi connectivity index (χ0n) is 22.9. The molecule has 4 aromatic rings. The van der Waals surface area contributed by atoms with Gasteiger partial charge in [0.1, 0.15) is 0 Å². The summed E-state index contributed by atoms with van der Waals surface area (Å²) in [6.07, 6.45) is 4.23. The Morgan fingerprint density at radius 1 is 0.975 bits per heavy atom. The molecule has 0 saturated carbocycles. The summed E-state index contributed by atoms with van der Waals surface area (Å²) in [4.78, 5) is 9.36. The SMILES string of the molecule is Cc1cc([C@@H]2[C@@H](c3ccccn3)NC(=S)N2c2ccc(N3CCC(C)CC3)c(Cl)c2)c(C)n1-c1ccc(Br)cc1. The second-order valence-electron chi connectivity index (χ2n) is 10.9. The molecule has 2 aromatic heterocycles. The molecule has 206 valence electrons. The highest BCUT2D eigenvalue weighted by Crippen LogP contribution is 2.45. The van der Waals surface area contributed by atoms with E-state index in [-0.39, 0.29) is 12.1 Å². The number of rotatable bonds is 5. The van der Waals surface area contributed by atoms with Gasteiger partial charge in [-0.25, -0.2) is 0 Å². The van der Waals surface area contributed by atoms with Crippen LogP contribution in [0.5, 0.6) is 0 Å². The molecule has 0 unspecified atom stereocenters. The molecule has 5 nitrogen and oxygen atoms in total. The topological polar surface area (TPSA) is 36.3 Å². The Morgan fingerprint density at radius 2 is 1.70 bits per heavy atom. The van der Waals surface area contributed by atoms with Crippen LogP contribution in [0.3, 0.4) is 0 Å². The fraction of sp³-hybridized carbons (Fsp3) is 0.312. The lowest BCUT2D eigenvalue weighted by Crippen LogP contribution is -2.33. The molecule has 0 radical (unpaired) electrons. The number of nitrogens with zero attached hydrogens (tertiary/aromatic N) is 4. The number of aryl methyl sites for hydroxylation is 1. The lowest BCUT2D eigenvalue weighted by Gasteiger charge is -2.33. The highest BCUT2D eigenvalue weighted by molar-refractivity contribution is 9.10. The van der Waals surface area contributed by atoms with Crippen molar-refractivity contribution in [2.24, 2.45) is 5.92 Å². The highest BCUT2D eigenvalue weighted by Gasteiger charge is 2.42. The molecule has 0 amide bonds. The highest BCUT2D eigenvalue weighted by atomic mass is 79.9. The van der Waals surface area contributed by atoms with Crippen LogP contribution in [-0.4, -0.2) is 27.8 Å². The molecular formula is C32H33BrClN5S. The van der Waals surface area contributed by atoms with Crippen molar-refractivity contribution in [3.05, 3.63) is 105 Å². The van der Waals surface area contributed by atoms with Crippen molar-refractivity contribution in [3.63, 3.8) is 0 Å². The summed E-state index contributed by atoms with van der Waals surface area (Å²) in [6.45, 7) is 8.75. The van der Waals surface area contributed by atoms with Crippen LogP contribution in [0.15, 0.2) is 77.4 Å².